The monoisotopic (exact) mass is 268 g/mol. The maximum Gasteiger partial charge on any atom is 0.418 e. The second-order valence-electron chi connectivity index (χ2n) is 4.12. The van der Waals surface area contributed by atoms with Crippen LogP contribution in [-0.4, -0.2) is 4.57 Å². The van der Waals surface area contributed by atoms with Gasteiger partial charge in [0.05, 0.1) is 16.9 Å². The number of halogens is 3. The minimum Gasteiger partial charge on any atom is -0.394 e. The maximum absolute atomic E-state index is 12.9. The Kier molecular flexibility index (Phi) is 3.09. The number of nitrogens with two attached hydrogens (primary N) is 1. The summed E-state index contributed by atoms with van der Waals surface area (Å²) in [5.74, 6) is 0. The molecule has 0 spiro atoms. The average Bonchev–Trinajstić information content (AvgIpc) is 2.33. The van der Waals surface area contributed by atoms with Gasteiger partial charge in [-0.3, -0.25) is 4.79 Å². The topological polar surface area (TPSA) is 48.0 Å². The standard InChI is InChI=1S/C13H11F3N2O/c1-8-6-12(19)10(17)7-18(8)11-5-3-2-4-9(11)13(14,15)16/h2-7H,17H2,1H3. The number of aryl methyl sites for hydroxylation is 1. The Morgan fingerprint density at radius 1 is 1.21 bits per heavy atom. The van der Waals surface area contributed by atoms with E-state index in [1.165, 1.54) is 35.0 Å². The molecule has 0 radical (unpaired) electrons. The molecule has 0 saturated carbocycles. The number of benzene rings is 1. The lowest BCUT2D eigenvalue weighted by Gasteiger charge is -2.17. The van der Waals surface area contributed by atoms with Gasteiger partial charge in [0, 0.05) is 18.0 Å². The van der Waals surface area contributed by atoms with Crippen molar-refractivity contribution in [2.45, 2.75) is 13.1 Å². The van der Waals surface area contributed by atoms with Gasteiger partial charge in [-0.1, -0.05) is 12.1 Å². The number of hydrogen-bond acceptors (Lipinski definition) is 2. The van der Waals surface area contributed by atoms with Gasteiger partial charge in [-0.05, 0) is 19.1 Å². The third kappa shape index (κ3) is 2.47. The summed E-state index contributed by atoms with van der Waals surface area (Å²) in [6.45, 7) is 1.55. The van der Waals surface area contributed by atoms with E-state index >= 15 is 0 Å². The molecule has 0 bridgehead atoms. The predicted molar refractivity (Wildman–Crippen MR) is 66.2 cm³/mol. The van der Waals surface area contributed by atoms with E-state index in [1.54, 1.807) is 6.92 Å². The summed E-state index contributed by atoms with van der Waals surface area (Å²) in [6, 6.07) is 6.34. The first-order chi connectivity index (χ1) is 8.80. The quantitative estimate of drug-likeness (QED) is 0.864. The van der Waals surface area contributed by atoms with Crippen molar-refractivity contribution in [3.8, 4) is 5.69 Å². The summed E-state index contributed by atoms with van der Waals surface area (Å²) in [4.78, 5) is 11.3. The lowest BCUT2D eigenvalue weighted by atomic mass is 10.1. The molecule has 0 aliphatic heterocycles. The van der Waals surface area contributed by atoms with E-state index < -0.39 is 17.2 Å². The molecule has 1 heterocycles. The second-order valence-corrected chi connectivity index (χ2v) is 4.12. The van der Waals surface area contributed by atoms with Crippen LogP contribution in [0.1, 0.15) is 11.3 Å². The van der Waals surface area contributed by atoms with Crippen molar-refractivity contribution >= 4 is 5.69 Å². The molecule has 0 aliphatic rings. The van der Waals surface area contributed by atoms with Crippen molar-refractivity contribution in [2.75, 3.05) is 5.73 Å². The Hall–Kier alpha value is -2.24. The molecule has 2 rings (SSSR count). The largest absolute Gasteiger partial charge is 0.418 e. The number of hydrogen-bond donors (Lipinski definition) is 1. The first-order valence-electron chi connectivity index (χ1n) is 5.46. The number of nitrogen functional groups attached to an aromatic ring is 1. The lowest BCUT2D eigenvalue weighted by Crippen LogP contribution is -2.16. The number of aromatic nitrogens is 1. The summed E-state index contributed by atoms with van der Waals surface area (Å²) < 4.78 is 40.1. The Morgan fingerprint density at radius 3 is 2.47 bits per heavy atom. The van der Waals surface area contributed by atoms with Crippen LogP contribution in [0.15, 0.2) is 41.3 Å². The lowest BCUT2D eigenvalue weighted by molar-refractivity contribution is -0.137. The Balaban J connectivity index is 2.73. The molecule has 0 amide bonds. The van der Waals surface area contributed by atoms with Crippen molar-refractivity contribution in [1.29, 1.82) is 0 Å². The fraction of sp³-hybridized carbons (Fsp3) is 0.154. The van der Waals surface area contributed by atoms with Crippen molar-refractivity contribution in [2.24, 2.45) is 0 Å². The van der Waals surface area contributed by atoms with Gasteiger partial charge in [0.15, 0.2) is 0 Å². The van der Waals surface area contributed by atoms with Crippen LogP contribution in [0.2, 0.25) is 0 Å². The van der Waals surface area contributed by atoms with Gasteiger partial charge in [0.25, 0.3) is 0 Å². The fourth-order valence-corrected chi connectivity index (χ4v) is 1.83. The van der Waals surface area contributed by atoms with Gasteiger partial charge < -0.3 is 10.3 Å². The second kappa shape index (κ2) is 4.46. The molecule has 1 aromatic heterocycles. The Labute approximate surface area is 107 Å². The molecule has 19 heavy (non-hydrogen) atoms. The SMILES string of the molecule is Cc1cc(=O)c(N)cn1-c1ccccc1C(F)(F)F. The Morgan fingerprint density at radius 2 is 1.84 bits per heavy atom. The highest BCUT2D eigenvalue weighted by molar-refractivity contribution is 5.47. The van der Waals surface area contributed by atoms with Crippen LogP contribution in [0, 0.1) is 6.92 Å². The van der Waals surface area contributed by atoms with E-state index in [0.29, 0.717) is 5.69 Å². The highest BCUT2D eigenvalue weighted by Gasteiger charge is 2.33. The molecule has 0 fully saturated rings. The highest BCUT2D eigenvalue weighted by Crippen LogP contribution is 2.34. The molecular formula is C13H11F3N2O. The minimum absolute atomic E-state index is 0.0563. The number of anilines is 1. The van der Waals surface area contributed by atoms with Gasteiger partial charge in [-0.2, -0.15) is 13.2 Å². The van der Waals surface area contributed by atoms with E-state index in [1.807, 2.05) is 0 Å². The van der Waals surface area contributed by atoms with Crippen molar-refractivity contribution in [1.82, 2.24) is 4.57 Å². The molecular weight excluding hydrogens is 257 g/mol. The van der Waals surface area contributed by atoms with Crippen LogP contribution in [0.25, 0.3) is 5.69 Å². The van der Waals surface area contributed by atoms with Crippen LogP contribution in [-0.2, 0) is 6.18 Å². The zero-order valence-corrected chi connectivity index (χ0v) is 10.0. The molecule has 100 valence electrons. The smallest absolute Gasteiger partial charge is 0.394 e. The zero-order valence-electron chi connectivity index (χ0n) is 10.0. The van der Waals surface area contributed by atoms with Crippen LogP contribution in [0.4, 0.5) is 18.9 Å². The first kappa shape index (κ1) is 13.2. The van der Waals surface area contributed by atoms with Gasteiger partial charge >= 0.3 is 6.18 Å². The van der Waals surface area contributed by atoms with Crippen LogP contribution in [0.5, 0.6) is 0 Å². The molecule has 0 saturated heterocycles. The fourth-order valence-electron chi connectivity index (χ4n) is 1.83. The van der Waals surface area contributed by atoms with E-state index in [-0.39, 0.29) is 11.4 Å². The molecule has 3 nitrogen and oxygen atoms in total. The predicted octanol–water partition coefficient (Wildman–Crippen LogP) is 2.75. The van der Waals surface area contributed by atoms with Crippen LogP contribution in [0.3, 0.4) is 0 Å². The summed E-state index contributed by atoms with van der Waals surface area (Å²) in [5, 5.41) is 0. The summed E-state index contributed by atoms with van der Waals surface area (Å²) >= 11 is 0. The normalized spacial score (nSPS) is 11.6. The summed E-state index contributed by atoms with van der Waals surface area (Å²) in [7, 11) is 0. The van der Waals surface area contributed by atoms with E-state index in [0.717, 1.165) is 6.07 Å². The van der Waals surface area contributed by atoms with Crippen LogP contribution >= 0.6 is 0 Å². The van der Waals surface area contributed by atoms with E-state index in [2.05, 4.69) is 0 Å². The number of rotatable bonds is 1. The van der Waals surface area contributed by atoms with Crippen LogP contribution < -0.4 is 11.2 Å². The van der Waals surface area contributed by atoms with Crippen molar-refractivity contribution in [3.63, 3.8) is 0 Å². The van der Waals surface area contributed by atoms with Crippen molar-refractivity contribution < 1.29 is 13.2 Å². The van der Waals surface area contributed by atoms with Gasteiger partial charge in [0.2, 0.25) is 5.43 Å². The molecule has 6 heteroatoms. The van der Waals surface area contributed by atoms with Gasteiger partial charge in [0.1, 0.15) is 0 Å². The molecule has 2 aromatic rings. The third-order valence-electron chi connectivity index (χ3n) is 2.74. The first-order valence-corrected chi connectivity index (χ1v) is 5.46. The summed E-state index contributed by atoms with van der Waals surface area (Å²) in [5.41, 5.74) is 4.52. The highest BCUT2D eigenvalue weighted by atomic mass is 19.4. The zero-order chi connectivity index (χ0) is 14.2. The minimum atomic E-state index is -4.47. The maximum atomic E-state index is 12.9. The van der Waals surface area contributed by atoms with Crippen molar-refractivity contribution in [3.05, 3.63) is 58.0 Å². The molecule has 1 aromatic carbocycles. The van der Waals surface area contributed by atoms with E-state index in [4.69, 9.17) is 5.73 Å². The number of alkyl halides is 3. The third-order valence-corrected chi connectivity index (χ3v) is 2.74. The molecule has 0 atom stereocenters. The van der Waals surface area contributed by atoms with Gasteiger partial charge in [-0.25, -0.2) is 0 Å². The summed E-state index contributed by atoms with van der Waals surface area (Å²) in [6.07, 6.45) is -3.26. The number of para-hydroxylation sites is 1. The molecule has 2 N–H and O–H groups in total. The van der Waals surface area contributed by atoms with E-state index in [9.17, 15) is 18.0 Å². The Bertz CT molecular complexity index is 674. The molecule has 0 unspecified atom stereocenters. The molecule has 0 aliphatic carbocycles. The number of pyridine rings is 1. The average molecular weight is 268 g/mol. The van der Waals surface area contributed by atoms with Gasteiger partial charge in [-0.15, -0.1) is 0 Å². The number of nitrogens with zero attached hydrogens (tertiary/aromatic N) is 1.